The topological polar surface area (TPSA) is 98.0 Å². The standard InChI is InChI=1S/C26H30N6O2/c1-4-30(5-2)21-7-6-12-31(17-21)25(33)20-9-11-24(28-15-20)32-26(34)23(16-29-32)22-10-8-19(14-27)13-18(22)3/h8-11,13,15-16,21,29H,4-7,12,17H2,1-3H3. The van der Waals surface area contributed by atoms with Crippen LogP contribution in [0.1, 0.15) is 48.2 Å². The summed E-state index contributed by atoms with van der Waals surface area (Å²) >= 11 is 0. The van der Waals surface area contributed by atoms with E-state index < -0.39 is 0 Å². The monoisotopic (exact) mass is 458 g/mol. The smallest absolute Gasteiger partial charge is 0.280 e. The molecule has 2 aromatic heterocycles. The number of hydrogen-bond acceptors (Lipinski definition) is 5. The van der Waals surface area contributed by atoms with E-state index in [-0.39, 0.29) is 11.5 Å². The van der Waals surface area contributed by atoms with E-state index in [0.717, 1.165) is 50.1 Å². The second kappa shape index (κ2) is 10.1. The second-order valence-corrected chi connectivity index (χ2v) is 8.64. The number of carbonyl (C=O) groups excluding carboxylic acids is 1. The fraction of sp³-hybridized carbons (Fsp3) is 0.385. The lowest BCUT2D eigenvalue weighted by Crippen LogP contribution is -2.49. The average Bonchev–Trinajstić information content (AvgIpc) is 3.25. The van der Waals surface area contributed by atoms with Gasteiger partial charge >= 0.3 is 0 Å². The molecule has 0 saturated carbocycles. The molecule has 1 unspecified atom stereocenters. The highest BCUT2D eigenvalue weighted by Gasteiger charge is 2.27. The Labute approximate surface area is 199 Å². The molecular weight excluding hydrogens is 428 g/mol. The fourth-order valence-electron chi connectivity index (χ4n) is 4.77. The molecule has 1 fully saturated rings. The third-order valence-corrected chi connectivity index (χ3v) is 6.65. The van der Waals surface area contributed by atoms with Gasteiger partial charge in [-0.2, -0.15) is 5.26 Å². The van der Waals surface area contributed by atoms with Gasteiger partial charge in [0.25, 0.3) is 11.5 Å². The maximum absolute atomic E-state index is 13.1. The predicted octanol–water partition coefficient (Wildman–Crippen LogP) is 3.35. The molecule has 3 heterocycles. The summed E-state index contributed by atoms with van der Waals surface area (Å²) in [5.41, 5.74) is 2.94. The van der Waals surface area contributed by atoms with Crippen LogP contribution in [-0.4, -0.2) is 62.7 Å². The molecule has 1 aliphatic heterocycles. The van der Waals surface area contributed by atoms with E-state index >= 15 is 0 Å². The van der Waals surface area contributed by atoms with Crippen molar-refractivity contribution in [1.82, 2.24) is 24.6 Å². The normalized spacial score (nSPS) is 16.0. The lowest BCUT2D eigenvalue weighted by Gasteiger charge is -2.38. The lowest BCUT2D eigenvalue weighted by atomic mass is 10.0. The summed E-state index contributed by atoms with van der Waals surface area (Å²) < 4.78 is 1.36. The molecule has 0 radical (unpaired) electrons. The summed E-state index contributed by atoms with van der Waals surface area (Å²) in [4.78, 5) is 34.9. The van der Waals surface area contributed by atoms with Gasteiger partial charge in [-0.1, -0.05) is 19.9 Å². The lowest BCUT2D eigenvalue weighted by molar-refractivity contribution is 0.0589. The van der Waals surface area contributed by atoms with Crippen molar-refractivity contribution < 1.29 is 4.79 Å². The van der Waals surface area contributed by atoms with Crippen molar-refractivity contribution in [3.63, 3.8) is 0 Å². The zero-order chi connectivity index (χ0) is 24.2. The molecule has 8 nitrogen and oxygen atoms in total. The number of aryl methyl sites for hydroxylation is 1. The zero-order valence-corrected chi connectivity index (χ0v) is 19.9. The number of benzene rings is 1. The predicted molar refractivity (Wildman–Crippen MR) is 131 cm³/mol. The van der Waals surface area contributed by atoms with Crippen molar-refractivity contribution in [2.75, 3.05) is 26.2 Å². The summed E-state index contributed by atoms with van der Waals surface area (Å²) in [6, 6.07) is 11.2. The molecule has 8 heteroatoms. The number of nitrogens with one attached hydrogen (secondary N) is 1. The van der Waals surface area contributed by atoms with Crippen LogP contribution in [0, 0.1) is 18.3 Å². The molecule has 3 aromatic rings. The van der Waals surface area contributed by atoms with E-state index in [4.69, 9.17) is 5.26 Å². The summed E-state index contributed by atoms with van der Waals surface area (Å²) in [5, 5.41) is 12.0. The van der Waals surface area contributed by atoms with Crippen molar-refractivity contribution in [2.45, 2.75) is 39.7 Å². The van der Waals surface area contributed by atoms with E-state index in [0.29, 0.717) is 28.6 Å². The van der Waals surface area contributed by atoms with Crippen molar-refractivity contribution in [2.24, 2.45) is 0 Å². The van der Waals surface area contributed by atoms with Gasteiger partial charge in [0.15, 0.2) is 5.82 Å². The number of likely N-dealkylation sites (tertiary alicyclic amines) is 1. The van der Waals surface area contributed by atoms with E-state index in [1.807, 2.05) is 11.8 Å². The number of rotatable bonds is 6. The second-order valence-electron chi connectivity index (χ2n) is 8.64. The molecule has 1 amide bonds. The summed E-state index contributed by atoms with van der Waals surface area (Å²) in [7, 11) is 0. The molecular formula is C26H30N6O2. The Bertz CT molecular complexity index is 1260. The van der Waals surface area contributed by atoms with Crippen LogP contribution in [0.2, 0.25) is 0 Å². The largest absolute Gasteiger partial charge is 0.337 e. The molecule has 176 valence electrons. The van der Waals surface area contributed by atoms with Gasteiger partial charge in [0.1, 0.15) is 0 Å². The Kier molecular flexibility index (Phi) is 6.94. The third-order valence-electron chi connectivity index (χ3n) is 6.65. The Balaban J connectivity index is 1.53. The van der Waals surface area contributed by atoms with Gasteiger partial charge < -0.3 is 4.90 Å². The summed E-state index contributed by atoms with van der Waals surface area (Å²) in [5.74, 6) is 0.391. The molecule has 0 aliphatic carbocycles. The summed E-state index contributed by atoms with van der Waals surface area (Å²) in [6.45, 7) is 9.63. The Morgan fingerprint density at radius 2 is 2.03 bits per heavy atom. The highest BCUT2D eigenvalue weighted by molar-refractivity contribution is 5.94. The highest BCUT2D eigenvalue weighted by atomic mass is 16.2. The van der Waals surface area contributed by atoms with Crippen molar-refractivity contribution >= 4 is 5.91 Å². The first kappa shape index (κ1) is 23.5. The van der Waals surface area contributed by atoms with Crippen LogP contribution in [0.5, 0.6) is 0 Å². The molecule has 1 saturated heterocycles. The highest BCUT2D eigenvalue weighted by Crippen LogP contribution is 2.22. The number of pyridine rings is 1. The Morgan fingerprint density at radius 1 is 1.24 bits per heavy atom. The van der Waals surface area contributed by atoms with Crippen molar-refractivity contribution in [3.8, 4) is 23.0 Å². The van der Waals surface area contributed by atoms with E-state index in [1.165, 1.54) is 4.68 Å². The van der Waals surface area contributed by atoms with Gasteiger partial charge in [0.05, 0.1) is 22.8 Å². The molecule has 34 heavy (non-hydrogen) atoms. The molecule has 4 rings (SSSR count). The molecule has 1 aromatic carbocycles. The van der Waals surface area contributed by atoms with Crippen LogP contribution in [-0.2, 0) is 0 Å². The number of amides is 1. The number of piperidine rings is 1. The first-order chi connectivity index (χ1) is 16.5. The minimum absolute atomic E-state index is 0.0244. The molecule has 0 spiro atoms. The first-order valence-corrected chi connectivity index (χ1v) is 11.8. The molecule has 1 aliphatic rings. The van der Waals surface area contributed by atoms with Gasteiger partial charge in [-0.05, 0) is 68.2 Å². The fourth-order valence-corrected chi connectivity index (χ4v) is 4.77. The number of aromatic nitrogens is 3. The number of H-pyrrole nitrogens is 1. The number of aromatic amines is 1. The number of nitrogens with zero attached hydrogens (tertiary/aromatic N) is 5. The minimum atomic E-state index is -0.238. The van der Waals surface area contributed by atoms with Crippen molar-refractivity contribution in [1.29, 1.82) is 5.26 Å². The number of likely N-dealkylation sites (N-methyl/N-ethyl adjacent to an activating group) is 1. The first-order valence-electron chi connectivity index (χ1n) is 11.8. The van der Waals surface area contributed by atoms with Crippen LogP contribution in [0.4, 0.5) is 0 Å². The van der Waals surface area contributed by atoms with E-state index in [2.05, 4.69) is 34.9 Å². The van der Waals surface area contributed by atoms with Crippen LogP contribution in [0.25, 0.3) is 16.9 Å². The Morgan fingerprint density at radius 3 is 2.68 bits per heavy atom. The van der Waals surface area contributed by atoms with Gasteiger partial charge in [0, 0.05) is 31.5 Å². The maximum Gasteiger partial charge on any atom is 0.280 e. The Hall–Kier alpha value is -3.70. The quantitative estimate of drug-likeness (QED) is 0.611. The van der Waals surface area contributed by atoms with Gasteiger partial charge in [0.2, 0.25) is 0 Å². The van der Waals surface area contributed by atoms with Gasteiger partial charge in [-0.25, -0.2) is 9.67 Å². The zero-order valence-electron chi connectivity index (χ0n) is 19.9. The minimum Gasteiger partial charge on any atom is -0.337 e. The number of nitriles is 1. The molecule has 1 atom stereocenters. The van der Waals surface area contributed by atoms with Crippen molar-refractivity contribution in [3.05, 3.63) is 69.8 Å². The average molecular weight is 459 g/mol. The van der Waals surface area contributed by atoms with E-state index in [9.17, 15) is 9.59 Å². The van der Waals surface area contributed by atoms with Gasteiger partial charge in [-0.3, -0.25) is 19.6 Å². The molecule has 0 bridgehead atoms. The number of carbonyl (C=O) groups is 1. The molecule has 1 N–H and O–H groups in total. The van der Waals surface area contributed by atoms with E-state index in [1.54, 1.807) is 42.7 Å². The van der Waals surface area contributed by atoms with Crippen LogP contribution >= 0.6 is 0 Å². The van der Waals surface area contributed by atoms with Crippen LogP contribution in [0.15, 0.2) is 47.5 Å². The summed E-state index contributed by atoms with van der Waals surface area (Å²) in [6.07, 6.45) is 5.28. The maximum atomic E-state index is 13.1. The SMILES string of the molecule is CCN(CC)C1CCCN(C(=O)c2ccc(-n3[nH]cc(-c4ccc(C#N)cc4C)c3=O)nc2)C1. The van der Waals surface area contributed by atoms with Gasteiger partial charge in [-0.15, -0.1) is 0 Å². The van der Waals surface area contributed by atoms with Crippen LogP contribution < -0.4 is 5.56 Å². The third kappa shape index (κ3) is 4.52. The van der Waals surface area contributed by atoms with Crippen LogP contribution in [0.3, 0.4) is 0 Å². The number of hydrogen-bond donors (Lipinski definition) is 1.